The van der Waals surface area contributed by atoms with Crippen LogP contribution in [0.15, 0.2) is 47.4 Å². The van der Waals surface area contributed by atoms with E-state index < -0.39 is 60.1 Å². The summed E-state index contributed by atoms with van der Waals surface area (Å²) >= 11 is 2.27. The third-order valence-corrected chi connectivity index (χ3v) is 7.74. The van der Waals surface area contributed by atoms with E-state index in [1.54, 1.807) is 10.8 Å². The standard InChI is InChI=1S/C26H16N8O8S2/c35-15(29-25-27-5-7-43-25)9-17(37)31-33-21(39)11-1-2-12-20-14(4-3-13(19(11)20)23(33)41)24(42)34(22(12)40)32-18(38)10-16(36)30-26-28-6-8-44-26/h1-8H,9-10H2,(H,31,37)(H,32,38)(H,27,29,35)(H,28,30,36). The number of hydrogen-bond acceptors (Lipinski definition) is 12. The Kier molecular flexibility index (Phi) is 7.11. The number of nitrogens with zero attached hydrogens (tertiary/aromatic N) is 4. The normalized spacial score (nSPS) is 13.6. The van der Waals surface area contributed by atoms with Crippen LogP contribution in [-0.4, -0.2) is 67.2 Å². The molecule has 2 aliphatic rings. The van der Waals surface area contributed by atoms with Crippen LogP contribution in [0.5, 0.6) is 0 Å². The molecule has 6 rings (SSSR count). The molecule has 18 heteroatoms. The van der Waals surface area contributed by atoms with Gasteiger partial charge in [-0.05, 0) is 24.3 Å². The minimum absolute atomic E-state index is 0.0116. The van der Waals surface area contributed by atoms with Crippen molar-refractivity contribution in [1.82, 2.24) is 30.8 Å². The highest BCUT2D eigenvalue weighted by Gasteiger charge is 2.41. The smallest absolute Gasteiger partial charge is 0.280 e. The van der Waals surface area contributed by atoms with Crippen molar-refractivity contribution >= 4 is 91.0 Å². The molecular weight excluding hydrogens is 616 g/mol. The molecule has 0 unspecified atom stereocenters. The maximum absolute atomic E-state index is 13.3. The zero-order chi connectivity index (χ0) is 31.1. The number of nitrogens with one attached hydrogen (secondary N) is 4. The number of hydrogen-bond donors (Lipinski definition) is 4. The maximum Gasteiger partial charge on any atom is 0.280 e. The van der Waals surface area contributed by atoms with Crippen molar-refractivity contribution in [2.24, 2.45) is 0 Å². The summed E-state index contributed by atoms with van der Waals surface area (Å²) in [6.45, 7) is 0. The lowest BCUT2D eigenvalue weighted by Crippen LogP contribution is -2.53. The summed E-state index contributed by atoms with van der Waals surface area (Å²) in [6.07, 6.45) is 1.49. The molecule has 0 saturated heterocycles. The van der Waals surface area contributed by atoms with Gasteiger partial charge in [0, 0.05) is 33.9 Å². The van der Waals surface area contributed by atoms with Crippen LogP contribution in [0.4, 0.5) is 10.3 Å². The van der Waals surface area contributed by atoms with E-state index >= 15 is 0 Å². The molecule has 0 fully saturated rings. The Labute approximate surface area is 253 Å². The van der Waals surface area contributed by atoms with E-state index in [0.29, 0.717) is 10.0 Å². The zero-order valence-corrected chi connectivity index (χ0v) is 23.5. The van der Waals surface area contributed by atoms with Crippen LogP contribution >= 0.6 is 22.7 Å². The fraction of sp³-hybridized carbons (Fsp3) is 0.0769. The van der Waals surface area contributed by atoms with Crippen molar-refractivity contribution in [2.45, 2.75) is 12.8 Å². The van der Waals surface area contributed by atoms with E-state index in [0.717, 1.165) is 22.7 Å². The molecule has 4 aromatic rings. The zero-order valence-electron chi connectivity index (χ0n) is 21.9. The van der Waals surface area contributed by atoms with Crippen LogP contribution in [0.2, 0.25) is 0 Å². The molecule has 0 saturated carbocycles. The minimum Gasteiger partial charge on any atom is -0.302 e. The molecule has 16 nitrogen and oxygen atoms in total. The van der Waals surface area contributed by atoms with Gasteiger partial charge < -0.3 is 10.6 Å². The van der Waals surface area contributed by atoms with E-state index in [9.17, 15) is 38.4 Å². The summed E-state index contributed by atoms with van der Waals surface area (Å²) in [5, 5.41) is 9.53. The lowest BCUT2D eigenvalue weighted by molar-refractivity contribution is -0.130. The topological polar surface area (TPSA) is 217 Å². The van der Waals surface area contributed by atoms with Crippen molar-refractivity contribution in [3.05, 3.63) is 69.7 Å². The largest absolute Gasteiger partial charge is 0.302 e. The average Bonchev–Trinajstić information content (AvgIpc) is 3.69. The van der Waals surface area contributed by atoms with E-state index in [2.05, 4.69) is 31.5 Å². The fourth-order valence-corrected chi connectivity index (χ4v) is 5.69. The first-order valence-electron chi connectivity index (χ1n) is 12.5. The number of carbonyl (C=O) groups is 8. The average molecular weight is 633 g/mol. The third kappa shape index (κ3) is 5.03. The second-order valence-electron chi connectivity index (χ2n) is 9.16. The summed E-state index contributed by atoms with van der Waals surface area (Å²) in [7, 11) is 0. The van der Waals surface area contributed by atoms with Crippen LogP contribution in [0.3, 0.4) is 0 Å². The lowest BCUT2D eigenvalue weighted by Gasteiger charge is -2.31. The van der Waals surface area contributed by atoms with Gasteiger partial charge in [0.05, 0.1) is 22.3 Å². The molecule has 0 atom stereocenters. The van der Waals surface area contributed by atoms with E-state index in [1.165, 1.54) is 36.7 Å². The van der Waals surface area contributed by atoms with Gasteiger partial charge in [-0.3, -0.25) is 49.2 Å². The molecular formula is C26H16N8O8S2. The molecule has 0 aliphatic carbocycles. The molecule has 0 bridgehead atoms. The van der Waals surface area contributed by atoms with Crippen molar-refractivity contribution in [1.29, 1.82) is 0 Å². The first-order chi connectivity index (χ1) is 21.1. The fourth-order valence-electron chi connectivity index (χ4n) is 4.60. The number of anilines is 2. The lowest BCUT2D eigenvalue weighted by atomic mass is 9.86. The number of carbonyl (C=O) groups excluding carboxylic acids is 8. The molecule has 4 heterocycles. The molecule has 44 heavy (non-hydrogen) atoms. The molecule has 2 aromatic heterocycles. The Hall–Kier alpha value is -5.88. The molecule has 2 aromatic carbocycles. The summed E-state index contributed by atoms with van der Waals surface area (Å²) in [5.41, 5.74) is 3.90. The number of imide groups is 2. The van der Waals surface area contributed by atoms with E-state index in [4.69, 9.17) is 0 Å². The highest BCUT2D eigenvalue weighted by molar-refractivity contribution is 7.14. The predicted molar refractivity (Wildman–Crippen MR) is 152 cm³/mol. The van der Waals surface area contributed by atoms with Gasteiger partial charge in [0.1, 0.15) is 12.8 Å². The molecule has 220 valence electrons. The molecule has 8 amide bonds. The second-order valence-corrected chi connectivity index (χ2v) is 10.9. The van der Waals surface area contributed by atoms with E-state index in [1.807, 2.05) is 0 Å². The Morgan fingerprint density at radius 3 is 1.20 bits per heavy atom. The number of aromatic nitrogens is 2. The molecule has 4 N–H and O–H groups in total. The summed E-state index contributed by atoms with van der Waals surface area (Å²) < 4.78 is 0. The van der Waals surface area contributed by atoms with Gasteiger partial charge >= 0.3 is 0 Å². The van der Waals surface area contributed by atoms with Gasteiger partial charge in [-0.1, -0.05) is 0 Å². The van der Waals surface area contributed by atoms with E-state index in [-0.39, 0.29) is 43.3 Å². The SMILES string of the molecule is O=C(CC(=O)NN1C(=O)c2ccc3c4c(ccc(c24)C1=O)C(=O)N(NC(=O)CC(=O)Nc1nccs1)C3=O)Nc1nccs1. The number of rotatable bonds is 8. The second kappa shape index (κ2) is 11.1. The molecule has 0 radical (unpaired) electrons. The third-order valence-electron chi connectivity index (χ3n) is 6.37. The van der Waals surface area contributed by atoms with Gasteiger partial charge in [0.15, 0.2) is 10.3 Å². The van der Waals surface area contributed by atoms with Crippen LogP contribution in [-0.2, 0) is 19.2 Å². The van der Waals surface area contributed by atoms with Gasteiger partial charge in [-0.15, -0.1) is 22.7 Å². The highest BCUT2D eigenvalue weighted by atomic mass is 32.1. The summed E-state index contributed by atoms with van der Waals surface area (Å²) in [5.74, 6) is -7.17. The quantitative estimate of drug-likeness (QED) is 0.160. The van der Waals surface area contributed by atoms with Crippen LogP contribution in [0, 0.1) is 0 Å². The highest BCUT2D eigenvalue weighted by Crippen LogP contribution is 2.37. The number of benzene rings is 2. The molecule has 2 aliphatic heterocycles. The monoisotopic (exact) mass is 632 g/mol. The first kappa shape index (κ1) is 28.2. The van der Waals surface area contributed by atoms with Gasteiger partial charge in [-0.25, -0.2) is 9.97 Å². The Bertz CT molecular complexity index is 1730. The van der Waals surface area contributed by atoms with Crippen LogP contribution in [0.1, 0.15) is 54.3 Å². The Morgan fingerprint density at radius 2 is 0.909 bits per heavy atom. The first-order valence-corrected chi connectivity index (χ1v) is 14.2. The Morgan fingerprint density at radius 1 is 0.568 bits per heavy atom. The summed E-state index contributed by atoms with van der Waals surface area (Å²) in [6, 6.07) is 4.96. The minimum atomic E-state index is -0.957. The number of amides is 8. The maximum atomic E-state index is 13.3. The van der Waals surface area contributed by atoms with Crippen molar-refractivity contribution in [2.75, 3.05) is 10.6 Å². The van der Waals surface area contributed by atoms with Crippen LogP contribution < -0.4 is 21.5 Å². The number of hydrazine groups is 2. The van der Waals surface area contributed by atoms with Crippen molar-refractivity contribution in [3.63, 3.8) is 0 Å². The van der Waals surface area contributed by atoms with Gasteiger partial charge in [-0.2, -0.15) is 10.0 Å². The van der Waals surface area contributed by atoms with Crippen LogP contribution in [0.25, 0.3) is 10.8 Å². The predicted octanol–water partition coefficient (Wildman–Crippen LogP) is 1.06. The van der Waals surface area contributed by atoms with Crippen molar-refractivity contribution in [3.8, 4) is 0 Å². The Balaban J connectivity index is 1.21. The van der Waals surface area contributed by atoms with Crippen molar-refractivity contribution < 1.29 is 38.4 Å². The molecule has 0 spiro atoms. The number of thiazole rings is 2. The van der Waals surface area contributed by atoms with Gasteiger partial charge in [0.25, 0.3) is 23.6 Å². The summed E-state index contributed by atoms with van der Waals surface area (Å²) in [4.78, 5) is 110. The van der Waals surface area contributed by atoms with Gasteiger partial charge in [0.2, 0.25) is 23.6 Å².